The third-order valence-electron chi connectivity index (χ3n) is 1.35. The average molecular weight is 617 g/mol. The summed E-state index contributed by atoms with van der Waals surface area (Å²) in [4.78, 5) is 0. The van der Waals surface area contributed by atoms with E-state index in [-0.39, 0.29) is 22.4 Å². The molecule has 9 nitrogen and oxygen atoms in total. The molecule has 0 saturated carbocycles. The van der Waals surface area contributed by atoms with Crippen LogP contribution < -0.4 is 0 Å². The van der Waals surface area contributed by atoms with Crippen molar-refractivity contribution in [2.75, 3.05) is 26.4 Å². The van der Waals surface area contributed by atoms with Crippen molar-refractivity contribution in [2.24, 2.45) is 0 Å². The summed E-state index contributed by atoms with van der Waals surface area (Å²) in [6.45, 7) is 3.09. The minimum absolute atomic E-state index is 0. The van der Waals surface area contributed by atoms with Crippen LogP contribution in [0.1, 0.15) is 27.7 Å². The Morgan fingerprint density at radius 2 is 0.957 bits per heavy atom. The van der Waals surface area contributed by atoms with Crippen LogP contribution in [0.3, 0.4) is 0 Å². The summed E-state index contributed by atoms with van der Waals surface area (Å²) >= 11 is 10.4. The third kappa shape index (κ3) is 19.9. The summed E-state index contributed by atoms with van der Waals surface area (Å²) in [7, 11) is -4.67. The van der Waals surface area contributed by atoms with Gasteiger partial charge in [0.1, 0.15) is 0 Å². The summed E-state index contributed by atoms with van der Waals surface area (Å²) in [6.07, 6.45) is 0. The van der Waals surface area contributed by atoms with Gasteiger partial charge < -0.3 is 18.1 Å². The molecule has 0 unspecified atom stereocenters. The van der Waals surface area contributed by atoms with E-state index in [2.05, 4.69) is 0 Å². The molecule has 23 heavy (non-hydrogen) atoms. The van der Waals surface area contributed by atoms with Crippen LogP contribution in [0.4, 0.5) is 0 Å². The minimum Gasteiger partial charge on any atom is -0.309 e. The Morgan fingerprint density at radius 3 is 1.09 bits per heavy atom. The molecule has 0 atom stereocenters. The maximum absolute atomic E-state index is 8.74. The molecule has 0 saturated heterocycles. The van der Waals surface area contributed by atoms with Gasteiger partial charge in [-0.1, -0.05) is 0 Å². The van der Waals surface area contributed by atoms with Crippen molar-refractivity contribution in [3.05, 3.63) is 0 Å². The fourth-order valence-electron chi connectivity index (χ4n) is 0.924. The molecule has 15 heteroatoms. The third-order valence-corrected chi connectivity index (χ3v) is 7.71. The van der Waals surface area contributed by atoms with Crippen molar-refractivity contribution in [1.29, 1.82) is 0 Å². The largest absolute Gasteiger partial charge is 0.394 e. The molecule has 0 aliphatic rings. The fraction of sp³-hybridized carbons (Fsp3) is 1.00. The molecule has 0 aromatic heterocycles. The van der Waals surface area contributed by atoms with Crippen LogP contribution in [-0.4, -0.2) is 44.0 Å². The number of rotatable bonds is 10. The Hall–Kier alpha value is 1.71. The van der Waals surface area contributed by atoms with Crippen LogP contribution >= 0.6 is 13.4 Å². The molecule has 0 aromatic carbocycles. The van der Waals surface area contributed by atoms with Crippen LogP contribution in [0.2, 0.25) is 0 Å². The summed E-state index contributed by atoms with van der Waals surface area (Å²) < 4.78 is 58.5. The molecule has 0 bridgehead atoms. The van der Waals surface area contributed by atoms with E-state index < -0.39 is 23.8 Å². The predicted molar refractivity (Wildman–Crippen MR) is 90.3 cm³/mol. The van der Waals surface area contributed by atoms with Gasteiger partial charge >= 0.3 is 23.8 Å². The van der Waals surface area contributed by atoms with E-state index >= 15 is 0 Å². The second-order valence-electron chi connectivity index (χ2n) is 3.10. The van der Waals surface area contributed by atoms with E-state index in [0.717, 1.165) is 0 Å². The maximum Gasteiger partial charge on any atom is 0.394 e. The molecule has 0 aliphatic heterocycles. The topological polar surface area (TPSA) is 121 Å². The van der Waals surface area contributed by atoms with Gasteiger partial charge in [0, 0.05) is 22.4 Å². The first-order valence-corrected chi connectivity index (χ1v) is 12.7. The molecule has 0 amide bonds. The van der Waals surface area contributed by atoms with Gasteiger partial charge in [0.15, 0.2) is 0 Å². The molecule has 147 valence electrons. The van der Waals surface area contributed by atoms with Crippen molar-refractivity contribution >= 4 is 47.4 Å². The van der Waals surface area contributed by atoms with Crippen molar-refractivity contribution in [2.45, 2.75) is 27.7 Å². The fourth-order valence-corrected chi connectivity index (χ4v) is 7.30. The maximum atomic E-state index is 8.74. The Morgan fingerprint density at radius 1 is 0.783 bits per heavy atom. The minimum atomic E-state index is -4.67. The molecular weight excluding hydrogens is 595 g/mol. The summed E-state index contributed by atoms with van der Waals surface area (Å²) in [5, 5.41) is 0. The van der Waals surface area contributed by atoms with Gasteiger partial charge in [0.05, 0.1) is 26.4 Å². The zero-order valence-corrected chi connectivity index (χ0v) is 19.4. The Balaban J connectivity index is -0.000000578. The molecule has 0 rings (SSSR count). The van der Waals surface area contributed by atoms with Gasteiger partial charge in [-0.25, -0.2) is 4.31 Å². The van der Waals surface area contributed by atoms with Crippen molar-refractivity contribution < 1.29 is 62.3 Å². The van der Waals surface area contributed by atoms with Crippen LogP contribution in [0.25, 0.3) is 0 Å². The van der Waals surface area contributed by atoms with Crippen molar-refractivity contribution in [1.82, 2.24) is 0 Å². The van der Waals surface area contributed by atoms with Crippen LogP contribution in [-0.2, 0) is 78.8 Å². The van der Waals surface area contributed by atoms with Crippen molar-refractivity contribution in [3.8, 4) is 0 Å². The zero-order chi connectivity index (χ0) is 17.9. The van der Waals surface area contributed by atoms with Crippen molar-refractivity contribution in [3.63, 3.8) is 0 Å². The summed E-state index contributed by atoms with van der Waals surface area (Å²) in [5.41, 5.74) is 0. The van der Waals surface area contributed by atoms with Gasteiger partial charge in [-0.15, -0.1) is 0 Å². The molecule has 0 fully saturated rings. The average Bonchev–Trinajstić information content (AvgIpc) is 2.26. The quantitative estimate of drug-likeness (QED) is 0.214. The normalized spacial score (nSPS) is 12.1. The molecule has 0 aliphatic carbocycles. The zero-order valence-electron chi connectivity index (χ0n) is 13.0. The van der Waals surface area contributed by atoms with E-state index in [1.54, 1.807) is 0 Å². The van der Waals surface area contributed by atoms with E-state index in [1.165, 1.54) is 0 Å². The van der Waals surface area contributed by atoms with Gasteiger partial charge in [-0.05, 0) is 51.3 Å². The molecular formula is C8H22AuO9P2S3. The Bertz CT molecular complexity index is 431. The number of hydrogen-bond acceptors (Lipinski definition) is 9. The molecule has 0 spiro atoms. The van der Waals surface area contributed by atoms with Gasteiger partial charge in [-0.2, -0.15) is 8.42 Å². The van der Waals surface area contributed by atoms with Gasteiger partial charge in [0.25, 0.3) is 0 Å². The van der Waals surface area contributed by atoms with Crippen LogP contribution in [0.5, 0.6) is 0 Å². The Kier molecular flexibility index (Phi) is 19.0. The standard InChI is InChI=1S/C8H20O5P2S2.Au.H2O4S/c1-5-9-14(16,10-6-2)13-15(17,11-7-3)12-8-4;;1-5(2,3)4/h5-8H2,1-4H3;;(H2,1,2,3,4). The van der Waals surface area contributed by atoms with E-state index in [9.17, 15) is 0 Å². The second kappa shape index (κ2) is 14.8. The Labute approximate surface area is 163 Å². The number of hydrogen-bond donors (Lipinski definition) is 2. The van der Waals surface area contributed by atoms with Crippen LogP contribution in [0.15, 0.2) is 0 Å². The smallest absolute Gasteiger partial charge is 0.309 e. The summed E-state index contributed by atoms with van der Waals surface area (Å²) in [5.74, 6) is 0. The first-order chi connectivity index (χ1) is 9.95. The van der Waals surface area contributed by atoms with E-state index in [0.29, 0.717) is 26.4 Å². The monoisotopic (exact) mass is 617 g/mol. The molecule has 1 radical (unpaired) electrons. The second-order valence-corrected chi connectivity index (χ2v) is 10.1. The molecule has 2 N–H and O–H groups in total. The summed E-state index contributed by atoms with van der Waals surface area (Å²) in [6, 6.07) is 0. The van der Waals surface area contributed by atoms with E-state index in [4.69, 9.17) is 63.5 Å². The molecule has 0 heterocycles. The van der Waals surface area contributed by atoms with Gasteiger partial charge in [-0.3, -0.25) is 9.11 Å². The first kappa shape index (κ1) is 29.5. The molecule has 0 aromatic rings. The van der Waals surface area contributed by atoms with E-state index in [1.807, 2.05) is 27.7 Å². The SMILES string of the molecule is CCOP(=S)(OCC)OP(=S)(OCC)OCC.O=S(=O)(O)O.[Au]. The van der Waals surface area contributed by atoms with Crippen LogP contribution in [0, 0.1) is 0 Å². The van der Waals surface area contributed by atoms with Gasteiger partial charge in [0.2, 0.25) is 0 Å². The first-order valence-electron chi connectivity index (χ1n) is 6.14. The predicted octanol–water partition coefficient (Wildman–Crippen LogP) is 2.94.